The van der Waals surface area contributed by atoms with Gasteiger partial charge in [-0.1, -0.05) is 0 Å². The summed E-state index contributed by atoms with van der Waals surface area (Å²) in [4.78, 5) is 21.4. The highest BCUT2D eigenvalue weighted by molar-refractivity contribution is 5.96. The maximum absolute atomic E-state index is 14.8. The topological polar surface area (TPSA) is 54.9 Å². The molecular weight excluding hydrogens is 447 g/mol. The first-order valence-corrected chi connectivity index (χ1v) is 11.6. The molecule has 2 aliphatic rings. The number of halogens is 3. The second-order valence-corrected chi connectivity index (χ2v) is 8.91. The highest BCUT2D eigenvalue weighted by Crippen LogP contribution is 2.41. The number of likely N-dealkylation sites (tertiary alicyclic amines) is 1. The number of carbonyl (C=O) groups is 1. The molecule has 0 radical (unpaired) electrons. The third kappa shape index (κ3) is 4.71. The molecule has 1 amide bonds. The molecule has 9 heteroatoms. The van der Waals surface area contributed by atoms with Crippen molar-refractivity contribution < 1.29 is 27.4 Å². The van der Waals surface area contributed by atoms with Gasteiger partial charge in [-0.3, -0.25) is 9.69 Å². The fourth-order valence-corrected chi connectivity index (χ4v) is 5.11. The number of carbonyl (C=O) groups excluding carboxylic acids is 1. The number of rotatable bonds is 7. The Bertz CT molecular complexity index is 1020. The van der Waals surface area contributed by atoms with Gasteiger partial charge in [0.05, 0.1) is 14.2 Å². The van der Waals surface area contributed by atoms with E-state index < -0.39 is 23.6 Å². The predicted molar refractivity (Wildman–Crippen MR) is 122 cm³/mol. The van der Waals surface area contributed by atoms with E-state index in [9.17, 15) is 18.0 Å². The molecular formula is C25H30F3N3O3. The van der Waals surface area contributed by atoms with Gasteiger partial charge < -0.3 is 14.4 Å². The minimum atomic E-state index is -0.734. The summed E-state index contributed by atoms with van der Waals surface area (Å²) in [7, 11) is 2.89. The molecule has 2 aliphatic heterocycles. The first kappa shape index (κ1) is 24.3. The van der Waals surface area contributed by atoms with Crippen molar-refractivity contribution in [1.82, 2.24) is 9.88 Å². The van der Waals surface area contributed by atoms with E-state index in [0.717, 1.165) is 43.8 Å². The first-order chi connectivity index (χ1) is 16.4. The molecule has 0 saturated carbocycles. The lowest BCUT2D eigenvalue weighted by molar-refractivity contribution is -0.117. The zero-order valence-corrected chi connectivity index (χ0v) is 19.7. The largest absolute Gasteiger partial charge is 0.497 e. The van der Waals surface area contributed by atoms with E-state index in [1.54, 1.807) is 20.1 Å². The zero-order valence-electron chi connectivity index (χ0n) is 19.7. The van der Waals surface area contributed by atoms with Crippen molar-refractivity contribution >= 4 is 11.7 Å². The number of hydrogen-bond donors (Lipinski definition) is 0. The number of piperidine rings is 1. The van der Waals surface area contributed by atoms with Crippen LogP contribution >= 0.6 is 0 Å². The van der Waals surface area contributed by atoms with Gasteiger partial charge in [-0.15, -0.1) is 0 Å². The van der Waals surface area contributed by atoms with Crippen molar-refractivity contribution in [3.63, 3.8) is 0 Å². The minimum Gasteiger partial charge on any atom is -0.497 e. The molecule has 4 rings (SSSR count). The third-order valence-corrected chi connectivity index (χ3v) is 7.01. The van der Waals surface area contributed by atoms with E-state index in [4.69, 9.17) is 14.5 Å². The highest BCUT2D eigenvalue weighted by atomic mass is 19.1. The number of pyridine rings is 1. The predicted octanol–water partition coefficient (Wildman–Crippen LogP) is 4.43. The summed E-state index contributed by atoms with van der Waals surface area (Å²) in [6.07, 6.45) is 1.62. The summed E-state index contributed by atoms with van der Waals surface area (Å²) in [5, 5.41) is 0. The fraction of sp³-hybridized carbons (Fsp3) is 0.520. The summed E-state index contributed by atoms with van der Waals surface area (Å²) in [6, 6.07) is 5.30. The first-order valence-electron chi connectivity index (χ1n) is 11.6. The maximum atomic E-state index is 14.8. The smallest absolute Gasteiger partial charge is 0.229 e. The normalized spacial score (nSPS) is 21.8. The monoisotopic (exact) mass is 477 g/mol. The van der Waals surface area contributed by atoms with Crippen molar-refractivity contribution in [3.05, 3.63) is 47.2 Å². The van der Waals surface area contributed by atoms with Crippen LogP contribution in [-0.4, -0.2) is 62.4 Å². The molecule has 2 saturated heterocycles. The van der Waals surface area contributed by atoms with E-state index in [1.807, 2.05) is 6.07 Å². The molecule has 34 heavy (non-hydrogen) atoms. The molecule has 2 aromatic rings. The van der Waals surface area contributed by atoms with Crippen molar-refractivity contribution in [2.24, 2.45) is 0 Å². The zero-order chi connectivity index (χ0) is 24.4. The van der Waals surface area contributed by atoms with Crippen LogP contribution in [0, 0.1) is 11.6 Å². The fourth-order valence-electron chi connectivity index (χ4n) is 5.11. The van der Waals surface area contributed by atoms with Crippen molar-refractivity contribution in [2.75, 3.05) is 45.4 Å². The van der Waals surface area contributed by atoms with Crippen LogP contribution in [0.15, 0.2) is 24.3 Å². The molecule has 0 aliphatic carbocycles. The molecule has 2 atom stereocenters. The van der Waals surface area contributed by atoms with Crippen LogP contribution in [0.2, 0.25) is 0 Å². The number of nitrogens with zero attached hydrogens (tertiary/aromatic N) is 3. The van der Waals surface area contributed by atoms with Gasteiger partial charge >= 0.3 is 0 Å². The molecule has 3 heterocycles. The van der Waals surface area contributed by atoms with Crippen LogP contribution in [0.1, 0.15) is 49.3 Å². The number of ether oxygens (including phenoxy) is 2. The van der Waals surface area contributed by atoms with Crippen LogP contribution < -0.4 is 14.4 Å². The summed E-state index contributed by atoms with van der Waals surface area (Å²) in [5.74, 6) is -1.17. The second kappa shape index (κ2) is 10.2. The molecule has 0 spiro atoms. The number of anilines is 1. The van der Waals surface area contributed by atoms with Gasteiger partial charge in [-0.05, 0) is 32.9 Å². The second-order valence-electron chi connectivity index (χ2n) is 8.91. The van der Waals surface area contributed by atoms with Gasteiger partial charge in [0.2, 0.25) is 5.91 Å². The van der Waals surface area contributed by atoms with Crippen molar-refractivity contribution in [2.45, 2.75) is 44.1 Å². The van der Waals surface area contributed by atoms with E-state index in [2.05, 4.69) is 4.90 Å². The maximum Gasteiger partial charge on any atom is 0.229 e. The number of methoxy groups -OCH3 is 2. The van der Waals surface area contributed by atoms with E-state index in [0.29, 0.717) is 18.1 Å². The lowest BCUT2D eigenvalue weighted by Crippen LogP contribution is -2.35. The van der Waals surface area contributed by atoms with Crippen molar-refractivity contribution in [1.29, 1.82) is 0 Å². The average molecular weight is 478 g/mol. The van der Waals surface area contributed by atoms with Crippen LogP contribution in [0.3, 0.4) is 0 Å². The number of alkyl halides is 1. The molecule has 1 aromatic heterocycles. The Morgan fingerprint density at radius 1 is 1.03 bits per heavy atom. The Balaban J connectivity index is 1.62. The van der Waals surface area contributed by atoms with Crippen LogP contribution in [0.25, 0.3) is 0 Å². The Morgan fingerprint density at radius 2 is 1.65 bits per heavy atom. The van der Waals surface area contributed by atoms with Gasteiger partial charge in [0.1, 0.15) is 35.6 Å². The molecule has 1 aromatic carbocycles. The van der Waals surface area contributed by atoms with Gasteiger partial charge in [0, 0.05) is 66.4 Å². The van der Waals surface area contributed by atoms with Gasteiger partial charge in [-0.25, -0.2) is 18.2 Å². The molecule has 0 bridgehead atoms. The average Bonchev–Trinajstić information content (AvgIpc) is 3.12. The van der Waals surface area contributed by atoms with Crippen molar-refractivity contribution in [3.8, 4) is 11.5 Å². The molecule has 0 N–H and O–H groups in total. The lowest BCUT2D eigenvalue weighted by Gasteiger charge is -2.32. The summed E-state index contributed by atoms with van der Waals surface area (Å²) in [5.41, 5.74) is 0.687. The number of benzene rings is 1. The molecule has 0 unspecified atom stereocenters. The van der Waals surface area contributed by atoms with E-state index in [1.165, 1.54) is 12.0 Å². The Kier molecular flexibility index (Phi) is 7.30. The Hall–Kier alpha value is -2.81. The van der Waals surface area contributed by atoms with E-state index >= 15 is 0 Å². The Labute approximate surface area is 197 Å². The Morgan fingerprint density at radius 3 is 2.24 bits per heavy atom. The summed E-state index contributed by atoms with van der Waals surface area (Å²) < 4.78 is 52.7. The standard InChI is InChI=1S/C25H30F3N3O3/c1-15-19(25-20(27)10-17(33-2)11-21(25)28)14-24(32)31(15)23-13-18(34-3)12-22(29-23)16-4-7-30(8-5-16)9-6-26/h10-13,15-16,19H,4-9,14H2,1-3H3/t15-,19-/m0/s1. The molecule has 2 fully saturated rings. The van der Waals surface area contributed by atoms with Gasteiger partial charge in [0.25, 0.3) is 0 Å². The van der Waals surface area contributed by atoms with Crippen LogP contribution in [0.5, 0.6) is 11.5 Å². The van der Waals surface area contributed by atoms with Gasteiger partial charge in [0.15, 0.2) is 0 Å². The number of aromatic nitrogens is 1. The van der Waals surface area contributed by atoms with Gasteiger partial charge in [-0.2, -0.15) is 0 Å². The summed E-state index contributed by atoms with van der Waals surface area (Å²) in [6.45, 7) is 3.40. The van der Waals surface area contributed by atoms with Crippen LogP contribution in [-0.2, 0) is 4.79 Å². The SMILES string of the molecule is COc1cc(C2CCN(CCF)CC2)nc(N2C(=O)C[C@H](c3c(F)cc(OC)cc3F)[C@@H]2C)c1. The molecule has 6 nitrogen and oxygen atoms in total. The third-order valence-electron chi connectivity index (χ3n) is 7.01. The van der Waals surface area contributed by atoms with Crippen LogP contribution in [0.4, 0.5) is 19.0 Å². The van der Waals surface area contributed by atoms with E-state index in [-0.39, 0.29) is 36.2 Å². The number of amides is 1. The minimum absolute atomic E-state index is 0.0306. The lowest BCUT2D eigenvalue weighted by atomic mass is 9.91. The highest BCUT2D eigenvalue weighted by Gasteiger charge is 2.42. The quantitative estimate of drug-likeness (QED) is 0.591. The number of hydrogen-bond acceptors (Lipinski definition) is 5. The summed E-state index contributed by atoms with van der Waals surface area (Å²) >= 11 is 0. The molecule has 184 valence electrons.